The second-order valence-corrected chi connectivity index (χ2v) is 9.38. The van der Waals surface area contributed by atoms with Gasteiger partial charge in [0.05, 0.1) is 17.1 Å². The number of nitrogens with zero attached hydrogens (tertiary/aromatic N) is 2. The van der Waals surface area contributed by atoms with Crippen LogP contribution in [0.2, 0.25) is 0 Å². The van der Waals surface area contributed by atoms with Gasteiger partial charge in [0.1, 0.15) is 0 Å². The molecule has 1 heterocycles. The molecule has 0 unspecified atom stereocenters. The van der Waals surface area contributed by atoms with Crippen molar-refractivity contribution >= 4 is 27.6 Å². The summed E-state index contributed by atoms with van der Waals surface area (Å²) in [5, 5.41) is 2.78. The summed E-state index contributed by atoms with van der Waals surface area (Å²) in [7, 11) is -1.71. The largest absolute Gasteiger partial charge is 0.462 e. The van der Waals surface area contributed by atoms with Crippen LogP contribution in [0, 0.1) is 6.92 Å². The summed E-state index contributed by atoms with van der Waals surface area (Å²) in [4.78, 5) is 26.8. The lowest BCUT2D eigenvalue weighted by molar-refractivity contribution is 0.0526. The number of hydrogen-bond donors (Lipinski definition) is 1. The maximum atomic E-state index is 13.0. The summed E-state index contributed by atoms with van der Waals surface area (Å²) in [6.07, 6.45) is 0. The number of nitrogens with one attached hydrogen (secondary N) is 1. The Morgan fingerprint density at radius 2 is 1.74 bits per heavy atom. The van der Waals surface area contributed by atoms with Gasteiger partial charge in [0.25, 0.3) is 5.91 Å². The Kier molecular flexibility index (Phi) is 7.09. The van der Waals surface area contributed by atoms with Gasteiger partial charge in [-0.3, -0.25) is 4.79 Å². The fourth-order valence-corrected chi connectivity index (χ4v) is 4.78. The molecule has 1 aliphatic heterocycles. The maximum absolute atomic E-state index is 13.0. The molecular weight excluding hydrogens is 418 g/mol. The summed E-state index contributed by atoms with van der Waals surface area (Å²) >= 11 is 0. The maximum Gasteiger partial charge on any atom is 0.338 e. The van der Waals surface area contributed by atoms with Crippen molar-refractivity contribution in [3.63, 3.8) is 0 Å². The van der Waals surface area contributed by atoms with Crippen LogP contribution in [0.3, 0.4) is 0 Å². The summed E-state index contributed by atoms with van der Waals surface area (Å²) in [6.45, 7) is 5.96. The molecule has 0 saturated carbocycles. The smallest absolute Gasteiger partial charge is 0.338 e. The van der Waals surface area contributed by atoms with E-state index in [1.807, 2.05) is 7.05 Å². The third-order valence-electron chi connectivity index (χ3n) is 5.18. The molecule has 166 valence electrons. The molecule has 0 bridgehead atoms. The molecule has 1 fully saturated rings. The van der Waals surface area contributed by atoms with Crippen LogP contribution in [0.5, 0.6) is 0 Å². The molecule has 1 aliphatic rings. The van der Waals surface area contributed by atoms with E-state index in [2.05, 4.69) is 10.2 Å². The third-order valence-corrected chi connectivity index (χ3v) is 7.08. The monoisotopic (exact) mass is 445 g/mol. The van der Waals surface area contributed by atoms with Crippen molar-refractivity contribution in [2.24, 2.45) is 0 Å². The van der Waals surface area contributed by atoms with Gasteiger partial charge in [-0.15, -0.1) is 0 Å². The van der Waals surface area contributed by atoms with Gasteiger partial charge >= 0.3 is 5.97 Å². The number of anilines is 1. The summed E-state index contributed by atoms with van der Waals surface area (Å²) < 4.78 is 32.4. The SMILES string of the molecule is CCOC(=O)c1ccc(NC(=O)c2cccc(S(=O)(=O)N3CCN(C)CC3)c2)c(C)c1. The normalized spacial score (nSPS) is 15.5. The molecule has 0 radical (unpaired) electrons. The minimum Gasteiger partial charge on any atom is -0.462 e. The van der Waals surface area contributed by atoms with Gasteiger partial charge in [-0.05, 0) is 62.9 Å². The first-order chi connectivity index (χ1) is 14.7. The minimum absolute atomic E-state index is 0.0964. The average Bonchev–Trinajstić information content (AvgIpc) is 2.75. The van der Waals surface area contributed by atoms with Gasteiger partial charge in [0, 0.05) is 37.4 Å². The molecule has 31 heavy (non-hydrogen) atoms. The van der Waals surface area contributed by atoms with Gasteiger partial charge < -0.3 is 15.0 Å². The minimum atomic E-state index is -3.67. The molecule has 1 amide bonds. The predicted octanol–water partition coefficient (Wildman–Crippen LogP) is 2.36. The Labute approximate surface area is 182 Å². The molecular formula is C22H27N3O5S. The highest BCUT2D eigenvalue weighted by Crippen LogP contribution is 2.21. The van der Waals surface area contributed by atoms with E-state index in [4.69, 9.17) is 4.74 Å². The van der Waals surface area contributed by atoms with E-state index in [9.17, 15) is 18.0 Å². The Balaban J connectivity index is 1.77. The van der Waals surface area contributed by atoms with Crippen LogP contribution in [-0.4, -0.2) is 69.3 Å². The van der Waals surface area contributed by atoms with E-state index in [0.29, 0.717) is 43.0 Å². The van der Waals surface area contributed by atoms with E-state index in [-0.39, 0.29) is 17.1 Å². The number of hydrogen-bond acceptors (Lipinski definition) is 6. The van der Waals surface area contributed by atoms with Crippen LogP contribution >= 0.6 is 0 Å². The first-order valence-electron chi connectivity index (χ1n) is 10.1. The van der Waals surface area contributed by atoms with E-state index >= 15 is 0 Å². The van der Waals surface area contributed by atoms with Crippen molar-refractivity contribution in [3.8, 4) is 0 Å². The second-order valence-electron chi connectivity index (χ2n) is 7.44. The van der Waals surface area contributed by atoms with Crippen molar-refractivity contribution in [2.75, 3.05) is 45.2 Å². The Morgan fingerprint density at radius 3 is 2.39 bits per heavy atom. The molecule has 1 N–H and O–H groups in total. The summed E-state index contributed by atoms with van der Waals surface area (Å²) in [6, 6.07) is 10.9. The van der Waals surface area contributed by atoms with Crippen LogP contribution in [0.25, 0.3) is 0 Å². The number of benzene rings is 2. The van der Waals surface area contributed by atoms with Crippen LogP contribution in [-0.2, 0) is 14.8 Å². The number of carbonyl (C=O) groups excluding carboxylic acids is 2. The van der Waals surface area contributed by atoms with Gasteiger partial charge in [0.15, 0.2) is 0 Å². The Morgan fingerprint density at radius 1 is 1.03 bits per heavy atom. The van der Waals surface area contributed by atoms with Crippen LogP contribution in [0.1, 0.15) is 33.2 Å². The molecule has 2 aromatic carbocycles. The zero-order chi connectivity index (χ0) is 22.6. The molecule has 2 aromatic rings. The lowest BCUT2D eigenvalue weighted by atomic mass is 10.1. The average molecular weight is 446 g/mol. The second kappa shape index (κ2) is 9.59. The van der Waals surface area contributed by atoms with Crippen molar-refractivity contribution in [1.82, 2.24) is 9.21 Å². The van der Waals surface area contributed by atoms with Crippen LogP contribution < -0.4 is 5.32 Å². The van der Waals surface area contributed by atoms with Gasteiger partial charge in [-0.2, -0.15) is 4.31 Å². The van der Waals surface area contributed by atoms with Crippen molar-refractivity contribution < 1.29 is 22.7 Å². The molecule has 8 nitrogen and oxygen atoms in total. The number of aryl methyl sites for hydroxylation is 1. The number of amides is 1. The standard InChI is InChI=1S/C22H27N3O5S/c1-4-30-22(27)18-8-9-20(16(2)14-18)23-21(26)17-6-5-7-19(15-17)31(28,29)25-12-10-24(3)11-13-25/h5-9,14-15H,4,10-13H2,1-3H3,(H,23,26). The fourth-order valence-electron chi connectivity index (χ4n) is 3.32. The van der Waals surface area contributed by atoms with Gasteiger partial charge in [-0.1, -0.05) is 6.07 Å². The van der Waals surface area contributed by atoms with Crippen LogP contribution in [0.15, 0.2) is 47.4 Å². The molecule has 1 saturated heterocycles. The lowest BCUT2D eigenvalue weighted by Gasteiger charge is -2.31. The zero-order valence-electron chi connectivity index (χ0n) is 17.9. The molecule has 0 aromatic heterocycles. The molecule has 0 aliphatic carbocycles. The number of esters is 1. The number of ether oxygens (including phenoxy) is 1. The fraction of sp³-hybridized carbons (Fsp3) is 0.364. The third kappa shape index (κ3) is 5.30. The van der Waals surface area contributed by atoms with E-state index in [1.165, 1.54) is 16.4 Å². The number of rotatable bonds is 6. The summed E-state index contributed by atoms with van der Waals surface area (Å²) in [5.41, 5.74) is 1.87. The highest BCUT2D eigenvalue weighted by molar-refractivity contribution is 7.89. The van der Waals surface area contributed by atoms with Crippen molar-refractivity contribution in [2.45, 2.75) is 18.7 Å². The molecule has 0 atom stereocenters. The highest BCUT2D eigenvalue weighted by Gasteiger charge is 2.28. The van der Waals surface area contributed by atoms with Crippen LogP contribution in [0.4, 0.5) is 5.69 Å². The first-order valence-corrected chi connectivity index (χ1v) is 11.5. The van der Waals surface area contributed by atoms with E-state index in [1.54, 1.807) is 44.2 Å². The topological polar surface area (TPSA) is 96.0 Å². The van der Waals surface area contributed by atoms with Gasteiger partial charge in [0.2, 0.25) is 10.0 Å². The summed E-state index contributed by atoms with van der Waals surface area (Å²) in [5.74, 6) is -0.854. The first kappa shape index (κ1) is 22.9. The van der Waals surface area contributed by atoms with Gasteiger partial charge in [-0.25, -0.2) is 13.2 Å². The number of sulfonamides is 1. The predicted molar refractivity (Wildman–Crippen MR) is 118 cm³/mol. The van der Waals surface area contributed by atoms with E-state index in [0.717, 1.165) is 0 Å². The molecule has 9 heteroatoms. The number of likely N-dealkylation sites (N-methyl/N-ethyl adjacent to an activating group) is 1. The Hall–Kier alpha value is -2.75. The number of piperazine rings is 1. The van der Waals surface area contributed by atoms with Crippen molar-refractivity contribution in [1.29, 1.82) is 0 Å². The highest BCUT2D eigenvalue weighted by atomic mass is 32.2. The molecule has 0 spiro atoms. The number of carbonyl (C=O) groups is 2. The zero-order valence-corrected chi connectivity index (χ0v) is 18.7. The Bertz CT molecular complexity index is 1080. The van der Waals surface area contributed by atoms with E-state index < -0.39 is 21.9 Å². The van der Waals surface area contributed by atoms with Crippen molar-refractivity contribution in [3.05, 3.63) is 59.2 Å². The quantitative estimate of drug-likeness (QED) is 0.686. The lowest BCUT2D eigenvalue weighted by Crippen LogP contribution is -2.47. The molecule has 3 rings (SSSR count).